The van der Waals surface area contributed by atoms with Crippen LogP contribution in [0.3, 0.4) is 0 Å². The Labute approximate surface area is 109 Å². The fourth-order valence-electron chi connectivity index (χ4n) is 1.53. The molecule has 0 saturated carbocycles. The summed E-state index contributed by atoms with van der Waals surface area (Å²) in [5.41, 5.74) is 2.05. The maximum Gasteiger partial charge on any atom is 0.143 e. The number of rotatable bonds is 4. The number of carbonyl (C=O) groups is 1. The number of ether oxygens (including phenoxy) is 1. The molecule has 0 aliphatic carbocycles. The Balaban J connectivity index is 2.89. The summed E-state index contributed by atoms with van der Waals surface area (Å²) in [4.78, 5) is 10.6. The quantitative estimate of drug-likeness (QED) is 0.456. The second-order valence-electron chi connectivity index (χ2n) is 5.11. The van der Waals surface area contributed by atoms with Crippen LogP contribution in [0.4, 0.5) is 0 Å². The van der Waals surface area contributed by atoms with Crippen LogP contribution in [0.25, 0.3) is 6.08 Å². The van der Waals surface area contributed by atoms with Crippen LogP contribution in [0.2, 0.25) is 0 Å². The molecule has 0 heterocycles. The molecule has 0 radical (unpaired) electrons. The van der Waals surface area contributed by atoms with Crippen LogP contribution in [0, 0.1) is 5.41 Å². The molecule has 1 aromatic rings. The van der Waals surface area contributed by atoms with E-state index in [1.165, 1.54) is 0 Å². The van der Waals surface area contributed by atoms with Gasteiger partial charge >= 0.3 is 0 Å². The number of hydrogen-bond acceptors (Lipinski definition) is 2. The Morgan fingerprint density at radius 3 is 2.22 bits per heavy atom. The standard InChI is InChI=1S/C16H20O2/c1-16(2,3)14(11-12-17)8-5-13-6-9-15(18-4)10-7-13/h5-12H,1-4H3/b8-5+,14-11+. The second-order valence-corrected chi connectivity index (χ2v) is 5.11. The first kappa shape index (κ1) is 14.2. The van der Waals surface area contributed by atoms with Crippen molar-refractivity contribution in [1.82, 2.24) is 0 Å². The van der Waals surface area contributed by atoms with Gasteiger partial charge in [-0.25, -0.2) is 0 Å². The van der Waals surface area contributed by atoms with Crippen LogP contribution in [-0.2, 0) is 4.79 Å². The minimum atomic E-state index is -0.0378. The lowest BCUT2D eigenvalue weighted by Gasteiger charge is -2.19. The van der Waals surface area contributed by atoms with Crippen LogP contribution in [0.1, 0.15) is 26.3 Å². The predicted octanol–water partition coefficient (Wildman–Crippen LogP) is 3.88. The van der Waals surface area contributed by atoms with E-state index in [2.05, 4.69) is 20.8 Å². The number of methoxy groups -OCH3 is 1. The van der Waals surface area contributed by atoms with Crippen molar-refractivity contribution in [1.29, 1.82) is 0 Å². The molecule has 0 fully saturated rings. The molecule has 0 saturated heterocycles. The summed E-state index contributed by atoms with van der Waals surface area (Å²) < 4.78 is 5.11. The van der Waals surface area contributed by atoms with Gasteiger partial charge in [-0.15, -0.1) is 0 Å². The zero-order valence-corrected chi connectivity index (χ0v) is 11.4. The van der Waals surface area contributed by atoms with Crippen molar-refractivity contribution < 1.29 is 9.53 Å². The third-order valence-corrected chi connectivity index (χ3v) is 2.68. The fourth-order valence-corrected chi connectivity index (χ4v) is 1.53. The minimum absolute atomic E-state index is 0.0378. The first-order valence-electron chi connectivity index (χ1n) is 5.95. The van der Waals surface area contributed by atoms with Crippen molar-refractivity contribution in [3.8, 4) is 5.75 Å². The zero-order valence-electron chi connectivity index (χ0n) is 11.4. The van der Waals surface area contributed by atoms with E-state index in [1.807, 2.05) is 36.4 Å². The summed E-state index contributed by atoms with van der Waals surface area (Å²) in [6.45, 7) is 6.25. The molecule has 1 rings (SSSR count). The molecule has 0 aromatic heterocycles. The van der Waals surface area contributed by atoms with E-state index in [0.717, 1.165) is 23.2 Å². The third-order valence-electron chi connectivity index (χ3n) is 2.68. The molecule has 0 bridgehead atoms. The molecular formula is C16H20O2. The van der Waals surface area contributed by atoms with Gasteiger partial charge in [-0.1, -0.05) is 45.1 Å². The lowest BCUT2D eigenvalue weighted by molar-refractivity contribution is -0.104. The third kappa shape index (κ3) is 4.21. The van der Waals surface area contributed by atoms with Gasteiger partial charge in [0, 0.05) is 0 Å². The van der Waals surface area contributed by atoms with Crippen molar-refractivity contribution in [2.75, 3.05) is 7.11 Å². The van der Waals surface area contributed by atoms with Crippen molar-refractivity contribution in [3.05, 3.63) is 47.6 Å². The van der Waals surface area contributed by atoms with Crippen molar-refractivity contribution in [2.45, 2.75) is 20.8 Å². The highest BCUT2D eigenvalue weighted by Crippen LogP contribution is 2.26. The molecule has 2 heteroatoms. The highest BCUT2D eigenvalue weighted by Gasteiger charge is 2.13. The van der Waals surface area contributed by atoms with Gasteiger partial charge in [0.25, 0.3) is 0 Å². The van der Waals surface area contributed by atoms with Gasteiger partial charge in [0.1, 0.15) is 12.0 Å². The lowest BCUT2D eigenvalue weighted by atomic mass is 9.86. The number of aldehydes is 1. The SMILES string of the molecule is COc1ccc(/C=C/C(=C\C=O)C(C)(C)C)cc1. The Bertz CT molecular complexity index is 445. The van der Waals surface area contributed by atoms with Crippen LogP contribution < -0.4 is 4.74 Å². The number of carbonyl (C=O) groups excluding carboxylic acids is 1. The van der Waals surface area contributed by atoms with Crippen molar-refractivity contribution >= 4 is 12.4 Å². The van der Waals surface area contributed by atoms with Gasteiger partial charge in [0.15, 0.2) is 0 Å². The van der Waals surface area contributed by atoms with Gasteiger partial charge in [-0.3, -0.25) is 4.79 Å². The van der Waals surface area contributed by atoms with E-state index >= 15 is 0 Å². The highest BCUT2D eigenvalue weighted by molar-refractivity contribution is 5.69. The van der Waals surface area contributed by atoms with Gasteiger partial charge in [0.05, 0.1) is 7.11 Å². The van der Waals surface area contributed by atoms with E-state index < -0.39 is 0 Å². The van der Waals surface area contributed by atoms with Crippen molar-refractivity contribution in [3.63, 3.8) is 0 Å². The summed E-state index contributed by atoms with van der Waals surface area (Å²) in [6, 6.07) is 7.80. The Hall–Kier alpha value is -1.83. The Kier molecular flexibility index (Phi) is 4.90. The smallest absolute Gasteiger partial charge is 0.143 e. The second kappa shape index (κ2) is 6.20. The first-order chi connectivity index (χ1) is 8.47. The van der Waals surface area contributed by atoms with Crippen LogP contribution in [0.5, 0.6) is 5.75 Å². The summed E-state index contributed by atoms with van der Waals surface area (Å²) in [6.07, 6.45) is 6.43. The van der Waals surface area contributed by atoms with Gasteiger partial charge in [0.2, 0.25) is 0 Å². The highest BCUT2D eigenvalue weighted by atomic mass is 16.5. The number of hydrogen-bond donors (Lipinski definition) is 0. The van der Waals surface area contributed by atoms with E-state index in [-0.39, 0.29) is 5.41 Å². The molecule has 2 nitrogen and oxygen atoms in total. The molecule has 0 amide bonds. The predicted molar refractivity (Wildman–Crippen MR) is 75.6 cm³/mol. The normalized spacial score (nSPS) is 12.8. The van der Waals surface area contributed by atoms with E-state index in [1.54, 1.807) is 13.2 Å². The fraction of sp³-hybridized carbons (Fsp3) is 0.312. The molecule has 0 atom stereocenters. The topological polar surface area (TPSA) is 26.3 Å². The number of benzene rings is 1. The summed E-state index contributed by atoms with van der Waals surface area (Å²) in [5.74, 6) is 0.839. The molecule has 0 unspecified atom stereocenters. The first-order valence-corrected chi connectivity index (χ1v) is 5.95. The number of allylic oxidation sites excluding steroid dienone is 3. The minimum Gasteiger partial charge on any atom is -0.497 e. The maximum atomic E-state index is 10.6. The maximum absolute atomic E-state index is 10.6. The molecule has 96 valence electrons. The molecule has 18 heavy (non-hydrogen) atoms. The average Bonchev–Trinajstić information content (AvgIpc) is 2.33. The summed E-state index contributed by atoms with van der Waals surface area (Å²) in [5, 5.41) is 0. The Morgan fingerprint density at radius 1 is 1.17 bits per heavy atom. The van der Waals surface area contributed by atoms with Crippen molar-refractivity contribution in [2.24, 2.45) is 5.41 Å². The molecule has 0 N–H and O–H groups in total. The van der Waals surface area contributed by atoms with Gasteiger partial charge in [-0.2, -0.15) is 0 Å². The average molecular weight is 244 g/mol. The molecular weight excluding hydrogens is 224 g/mol. The van der Waals surface area contributed by atoms with E-state index in [0.29, 0.717) is 0 Å². The van der Waals surface area contributed by atoms with Gasteiger partial charge in [-0.05, 0) is 34.8 Å². The molecule has 1 aromatic carbocycles. The molecule has 0 aliphatic heterocycles. The largest absolute Gasteiger partial charge is 0.497 e. The molecule has 0 spiro atoms. The van der Waals surface area contributed by atoms with E-state index in [9.17, 15) is 4.79 Å². The van der Waals surface area contributed by atoms with Crippen LogP contribution in [-0.4, -0.2) is 13.4 Å². The molecule has 0 aliphatic rings. The van der Waals surface area contributed by atoms with Crippen LogP contribution in [0.15, 0.2) is 42.0 Å². The zero-order chi connectivity index (χ0) is 13.6. The summed E-state index contributed by atoms with van der Waals surface area (Å²) in [7, 11) is 1.65. The monoisotopic (exact) mass is 244 g/mol. The lowest BCUT2D eigenvalue weighted by Crippen LogP contribution is -2.07. The summed E-state index contributed by atoms with van der Waals surface area (Å²) >= 11 is 0. The van der Waals surface area contributed by atoms with Gasteiger partial charge < -0.3 is 4.74 Å². The van der Waals surface area contributed by atoms with E-state index in [4.69, 9.17) is 4.74 Å². The van der Waals surface area contributed by atoms with Crippen LogP contribution >= 0.6 is 0 Å². The Morgan fingerprint density at radius 2 is 1.78 bits per heavy atom.